The monoisotopic (exact) mass is 536 g/mol. The summed E-state index contributed by atoms with van der Waals surface area (Å²) in [5, 5.41) is 16.6. The summed E-state index contributed by atoms with van der Waals surface area (Å²) in [6.07, 6.45) is 5.24. The number of halogens is 3. The van der Waals surface area contributed by atoms with Crippen LogP contribution in [0.5, 0.6) is 0 Å². The molecule has 0 amide bonds. The maximum absolute atomic E-state index is 6.23. The summed E-state index contributed by atoms with van der Waals surface area (Å²) in [5.41, 5.74) is 1.11. The molecule has 1 aliphatic heterocycles. The van der Waals surface area contributed by atoms with Crippen LogP contribution >= 0.6 is 47.2 Å². The molecular weight excluding hydrogens is 510 g/mol. The van der Waals surface area contributed by atoms with E-state index in [1.807, 2.05) is 12.1 Å². The van der Waals surface area contributed by atoms with Crippen LogP contribution in [0.3, 0.4) is 0 Å². The largest absolute Gasteiger partial charge is 0.357 e. The molecule has 0 radical (unpaired) electrons. The summed E-state index contributed by atoms with van der Waals surface area (Å²) >= 11 is 12.2. The van der Waals surface area contributed by atoms with Gasteiger partial charge in [-0.3, -0.25) is 0 Å². The van der Waals surface area contributed by atoms with Gasteiger partial charge >= 0.3 is 0 Å². The van der Waals surface area contributed by atoms with E-state index in [9.17, 15) is 0 Å². The second-order valence-corrected chi connectivity index (χ2v) is 7.45. The zero-order chi connectivity index (χ0) is 19.1. The predicted octanol–water partition coefficient (Wildman–Crippen LogP) is 4.23. The van der Waals surface area contributed by atoms with Crippen molar-refractivity contribution in [2.24, 2.45) is 4.99 Å². The number of aromatic nitrogens is 3. The lowest BCUT2D eigenvalue weighted by molar-refractivity contribution is 0.508. The summed E-state index contributed by atoms with van der Waals surface area (Å²) in [6, 6.07) is 5.65. The topological polar surface area (TPSA) is 67.1 Å². The molecule has 0 fully saturated rings. The van der Waals surface area contributed by atoms with Gasteiger partial charge in [0.2, 0.25) is 0 Å². The van der Waals surface area contributed by atoms with Gasteiger partial charge in [0.25, 0.3) is 0 Å². The first-order valence-corrected chi connectivity index (χ1v) is 10.3. The lowest BCUT2D eigenvalue weighted by Gasteiger charge is -2.14. The van der Waals surface area contributed by atoms with Crippen LogP contribution < -0.4 is 10.6 Å². The summed E-state index contributed by atoms with van der Waals surface area (Å²) in [7, 11) is 0. The lowest BCUT2D eigenvalue weighted by atomic mass is 10.1. The summed E-state index contributed by atoms with van der Waals surface area (Å²) < 4.78 is 2.21. The molecule has 3 rings (SSSR count). The van der Waals surface area contributed by atoms with E-state index in [-0.39, 0.29) is 24.0 Å². The number of aryl methyl sites for hydroxylation is 2. The zero-order valence-corrected chi connectivity index (χ0v) is 19.9. The Bertz CT molecular complexity index is 793. The van der Waals surface area contributed by atoms with Crippen molar-refractivity contribution in [3.63, 3.8) is 0 Å². The molecule has 28 heavy (non-hydrogen) atoms. The summed E-state index contributed by atoms with van der Waals surface area (Å²) in [6.45, 7) is 5.21. The molecule has 0 spiro atoms. The van der Waals surface area contributed by atoms with Crippen LogP contribution in [0, 0.1) is 0 Å². The Morgan fingerprint density at radius 3 is 2.86 bits per heavy atom. The van der Waals surface area contributed by atoms with Gasteiger partial charge in [-0.25, -0.2) is 4.99 Å². The predicted molar refractivity (Wildman–Crippen MR) is 126 cm³/mol. The van der Waals surface area contributed by atoms with Gasteiger partial charge in [-0.05, 0) is 50.3 Å². The van der Waals surface area contributed by atoms with Crippen molar-refractivity contribution in [2.45, 2.75) is 52.1 Å². The van der Waals surface area contributed by atoms with E-state index in [1.54, 1.807) is 6.07 Å². The molecule has 0 unspecified atom stereocenters. The molecule has 2 heterocycles. The number of nitrogens with one attached hydrogen (secondary N) is 2. The second kappa shape index (κ2) is 11.8. The first-order chi connectivity index (χ1) is 13.2. The fourth-order valence-electron chi connectivity index (χ4n) is 3.19. The van der Waals surface area contributed by atoms with Crippen molar-refractivity contribution in [1.29, 1.82) is 0 Å². The Kier molecular flexibility index (Phi) is 9.81. The standard InChI is InChI=1S/C19H26Cl2N6.HI/c1-2-22-19(23-10-5-6-14-8-9-15(20)12-16(14)21)24-13-18-26-25-17-7-3-4-11-27(17)18;/h8-9,12H,2-7,10-11,13H2,1H3,(H2,22,23,24);1H. The molecule has 0 atom stereocenters. The van der Waals surface area contributed by atoms with Gasteiger partial charge in [0.05, 0.1) is 0 Å². The normalized spacial score (nSPS) is 13.6. The van der Waals surface area contributed by atoms with Gasteiger partial charge in [-0.2, -0.15) is 0 Å². The fourth-order valence-corrected chi connectivity index (χ4v) is 3.69. The van der Waals surface area contributed by atoms with E-state index in [1.165, 1.54) is 12.8 Å². The summed E-state index contributed by atoms with van der Waals surface area (Å²) in [4.78, 5) is 4.67. The van der Waals surface area contributed by atoms with Crippen molar-refractivity contribution < 1.29 is 0 Å². The molecule has 9 heteroatoms. The number of hydrogen-bond acceptors (Lipinski definition) is 3. The van der Waals surface area contributed by atoms with Gasteiger partial charge in [0.1, 0.15) is 12.4 Å². The van der Waals surface area contributed by atoms with Gasteiger partial charge in [-0.15, -0.1) is 34.2 Å². The average Bonchev–Trinajstić information content (AvgIpc) is 3.08. The molecule has 2 N–H and O–H groups in total. The SMILES string of the molecule is CCNC(=NCc1nnc2n1CCCC2)NCCCc1ccc(Cl)cc1Cl.I. The minimum atomic E-state index is 0. The van der Waals surface area contributed by atoms with E-state index < -0.39 is 0 Å². The third kappa shape index (κ3) is 6.49. The first-order valence-electron chi connectivity index (χ1n) is 9.54. The van der Waals surface area contributed by atoms with E-state index in [4.69, 9.17) is 23.2 Å². The number of rotatable bonds is 7. The van der Waals surface area contributed by atoms with Crippen molar-refractivity contribution >= 4 is 53.1 Å². The molecule has 0 bridgehead atoms. The van der Waals surface area contributed by atoms with Crippen molar-refractivity contribution in [3.05, 3.63) is 45.5 Å². The summed E-state index contributed by atoms with van der Waals surface area (Å²) in [5.74, 6) is 2.83. The maximum atomic E-state index is 6.23. The quantitative estimate of drug-likeness (QED) is 0.240. The molecule has 2 aromatic rings. The molecule has 6 nitrogen and oxygen atoms in total. The molecule has 154 valence electrons. The number of nitrogens with zero attached hydrogens (tertiary/aromatic N) is 4. The van der Waals surface area contributed by atoms with Crippen LogP contribution in [-0.4, -0.2) is 33.8 Å². The highest BCUT2D eigenvalue weighted by Gasteiger charge is 2.15. The van der Waals surface area contributed by atoms with Gasteiger partial charge in [0.15, 0.2) is 11.8 Å². The van der Waals surface area contributed by atoms with Crippen molar-refractivity contribution in [1.82, 2.24) is 25.4 Å². The molecule has 1 aromatic carbocycles. The van der Waals surface area contributed by atoms with E-state index in [0.29, 0.717) is 11.6 Å². The number of fused-ring (bicyclic) bond motifs is 1. The van der Waals surface area contributed by atoms with Crippen LogP contribution in [0.4, 0.5) is 0 Å². The van der Waals surface area contributed by atoms with Crippen LogP contribution in [0.2, 0.25) is 10.0 Å². The van der Waals surface area contributed by atoms with E-state index >= 15 is 0 Å². The van der Waals surface area contributed by atoms with Gasteiger partial charge in [0, 0.05) is 36.1 Å². The Labute approximate surface area is 193 Å². The van der Waals surface area contributed by atoms with E-state index in [2.05, 4.69) is 37.3 Å². The molecule has 0 aliphatic carbocycles. The Hall–Kier alpha value is -1.06. The second-order valence-electron chi connectivity index (χ2n) is 6.60. The van der Waals surface area contributed by atoms with Crippen molar-refractivity contribution in [2.75, 3.05) is 13.1 Å². The first kappa shape index (κ1) is 23.2. The minimum Gasteiger partial charge on any atom is -0.357 e. The average molecular weight is 537 g/mol. The van der Waals surface area contributed by atoms with Crippen LogP contribution in [0.15, 0.2) is 23.2 Å². The Morgan fingerprint density at radius 2 is 2.07 bits per heavy atom. The zero-order valence-electron chi connectivity index (χ0n) is 16.0. The number of hydrogen-bond donors (Lipinski definition) is 2. The molecular formula is C19H27Cl2IN6. The highest BCUT2D eigenvalue weighted by molar-refractivity contribution is 14.0. The lowest BCUT2D eigenvalue weighted by Crippen LogP contribution is -2.38. The van der Waals surface area contributed by atoms with Crippen LogP contribution in [-0.2, 0) is 25.9 Å². The maximum Gasteiger partial charge on any atom is 0.191 e. The van der Waals surface area contributed by atoms with Crippen LogP contribution in [0.25, 0.3) is 0 Å². The Morgan fingerprint density at radius 1 is 1.21 bits per heavy atom. The molecule has 1 aromatic heterocycles. The van der Waals surface area contributed by atoms with Crippen LogP contribution in [0.1, 0.15) is 43.4 Å². The highest BCUT2D eigenvalue weighted by Crippen LogP contribution is 2.21. The molecule has 1 aliphatic rings. The van der Waals surface area contributed by atoms with Gasteiger partial charge in [-0.1, -0.05) is 29.3 Å². The molecule has 0 saturated heterocycles. The fraction of sp³-hybridized carbons (Fsp3) is 0.526. The highest BCUT2D eigenvalue weighted by atomic mass is 127. The number of aliphatic imine (C=N–C) groups is 1. The Balaban J connectivity index is 0.00000280. The third-order valence-electron chi connectivity index (χ3n) is 4.59. The minimum absolute atomic E-state index is 0. The van der Waals surface area contributed by atoms with Gasteiger partial charge < -0.3 is 15.2 Å². The smallest absolute Gasteiger partial charge is 0.191 e. The number of benzene rings is 1. The van der Waals surface area contributed by atoms with Crippen molar-refractivity contribution in [3.8, 4) is 0 Å². The number of guanidine groups is 1. The van der Waals surface area contributed by atoms with E-state index in [0.717, 1.165) is 67.1 Å². The third-order valence-corrected chi connectivity index (χ3v) is 5.18. The molecule has 0 saturated carbocycles.